The van der Waals surface area contributed by atoms with E-state index in [0.29, 0.717) is 18.2 Å². The summed E-state index contributed by atoms with van der Waals surface area (Å²) in [5.74, 6) is -0.330. The van der Waals surface area contributed by atoms with E-state index < -0.39 is 11.9 Å². The summed E-state index contributed by atoms with van der Waals surface area (Å²) in [5.41, 5.74) is 0.736. The summed E-state index contributed by atoms with van der Waals surface area (Å²) in [5, 5.41) is 4.45. The molecular formula is C20H23FN4O4. The van der Waals surface area contributed by atoms with Crippen LogP contribution in [-0.2, 0) is 16.0 Å². The van der Waals surface area contributed by atoms with Crippen LogP contribution in [0.1, 0.15) is 30.6 Å². The summed E-state index contributed by atoms with van der Waals surface area (Å²) in [6.07, 6.45) is 0.705. The van der Waals surface area contributed by atoms with Gasteiger partial charge >= 0.3 is 5.97 Å². The van der Waals surface area contributed by atoms with Crippen LogP contribution in [0.4, 0.5) is 10.2 Å². The molecule has 3 aliphatic rings. The molecule has 0 amide bonds. The number of halogens is 1. The minimum atomic E-state index is -0.664. The number of ether oxygens (including phenoxy) is 3. The van der Waals surface area contributed by atoms with Gasteiger partial charge in [0.2, 0.25) is 11.8 Å². The van der Waals surface area contributed by atoms with Crippen molar-refractivity contribution in [1.82, 2.24) is 14.8 Å². The standard InChI is InChI=1S/C20H23FN4O4/c1-3-28-19(26)15-16(23-25-7-6-12(2)29-18(15)25)13-4-5-14(22-17(13)21)24-8-20(9-24)10-27-11-20/h4-5,12H,3,6-11H2,1-2H3/t12-/m1/s1. The molecule has 5 heterocycles. The van der Waals surface area contributed by atoms with Crippen LogP contribution >= 0.6 is 0 Å². The Hall–Kier alpha value is -2.68. The first kappa shape index (κ1) is 18.4. The molecule has 0 aliphatic carbocycles. The van der Waals surface area contributed by atoms with E-state index in [1.165, 1.54) is 0 Å². The fraction of sp³-hybridized carbons (Fsp3) is 0.550. The van der Waals surface area contributed by atoms with Crippen molar-refractivity contribution in [2.75, 3.05) is 37.8 Å². The third-order valence-electron chi connectivity index (χ3n) is 5.73. The van der Waals surface area contributed by atoms with Gasteiger partial charge in [0.1, 0.15) is 17.1 Å². The fourth-order valence-electron chi connectivity index (χ4n) is 4.12. The number of aromatic nitrogens is 3. The maximum Gasteiger partial charge on any atom is 0.345 e. The Morgan fingerprint density at radius 2 is 2.17 bits per heavy atom. The Bertz CT molecular complexity index is 964. The van der Waals surface area contributed by atoms with E-state index in [9.17, 15) is 4.79 Å². The summed E-state index contributed by atoms with van der Waals surface area (Å²) < 4.78 is 32.9. The number of hydrogen-bond acceptors (Lipinski definition) is 7. The second-order valence-electron chi connectivity index (χ2n) is 8.05. The molecule has 8 nitrogen and oxygen atoms in total. The number of hydrogen-bond donors (Lipinski definition) is 0. The van der Waals surface area contributed by atoms with Crippen molar-refractivity contribution in [3.8, 4) is 17.1 Å². The van der Waals surface area contributed by atoms with Crippen molar-refractivity contribution in [2.24, 2.45) is 5.41 Å². The van der Waals surface area contributed by atoms with Gasteiger partial charge in [0.05, 0.1) is 36.9 Å². The number of aryl methyl sites for hydroxylation is 1. The quantitative estimate of drug-likeness (QED) is 0.573. The Morgan fingerprint density at radius 1 is 1.38 bits per heavy atom. The lowest BCUT2D eigenvalue weighted by Crippen LogP contribution is -2.66. The number of carbonyl (C=O) groups excluding carboxylic acids is 1. The summed E-state index contributed by atoms with van der Waals surface area (Å²) >= 11 is 0. The monoisotopic (exact) mass is 402 g/mol. The lowest BCUT2D eigenvalue weighted by molar-refractivity contribution is -0.127. The molecule has 9 heteroatoms. The molecule has 2 aromatic heterocycles. The van der Waals surface area contributed by atoms with Crippen LogP contribution in [0.3, 0.4) is 0 Å². The number of fused-ring (bicyclic) bond motifs is 1. The zero-order valence-electron chi connectivity index (χ0n) is 16.5. The van der Waals surface area contributed by atoms with Gasteiger partial charge in [-0.25, -0.2) is 14.5 Å². The summed E-state index contributed by atoms with van der Waals surface area (Å²) in [6, 6.07) is 3.39. The maximum absolute atomic E-state index is 15.0. The zero-order valence-corrected chi connectivity index (χ0v) is 16.5. The molecule has 0 radical (unpaired) electrons. The number of rotatable bonds is 4. The third kappa shape index (κ3) is 2.95. The summed E-state index contributed by atoms with van der Waals surface area (Å²) in [4.78, 5) is 18.8. The number of nitrogens with zero attached hydrogens (tertiary/aromatic N) is 4. The number of esters is 1. The highest BCUT2D eigenvalue weighted by Crippen LogP contribution is 2.41. The van der Waals surface area contributed by atoms with Gasteiger partial charge in [-0.05, 0) is 26.0 Å². The Morgan fingerprint density at radius 3 is 2.83 bits per heavy atom. The molecule has 0 aromatic carbocycles. The molecule has 0 N–H and O–H groups in total. The largest absolute Gasteiger partial charge is 0.474 e. The molecule has 0 bridgehead atoms. The fourth-order valence-corrected chi connectivity index (χ4v) is 4.12. The summed E-state index contributed by atoms with van der Waals surface area (Å²) in [7, 11) is 0. The average Bonchev–Trinajstić information content (AvgIpc) is 2.98. The van der Waals surface area contributed by atoms with E-state index in [1.807, 2.05) is 11.8 Å². The van der Waals surface area contributed by atoms with Crippen LogP contribution in [0, 0.1) is 11.4 Å². The maximum atomic E-state index is 15.0. The topological polar surface area (TPSA) is 78.7 Å². The van der Waals surface area contributed by atoms with Crippen LogP contribution in [0.5, 0.6) is 5.88 Å². The van der Waals surface area contributed by atoms with Crippen LogP contribution in [0.15, 0.2) is 12.1 Å². The highest BCUT2D eigenvalue weighted by atomic mass is 19.1. The van der Waals surface area contributed by atoms with E-state index in [1.54, 1.807) is 23.7 Å². The molecule has 2 saturated heterocycles. The van der Waals surface area contributed by atoms with Crippen molar-refractivity contribution in [2.45, 2.75) is 32.9 Å². The molecule has 0 saturated carbocycles. The first-order chi connectivity index (χ1) is 14.0. The van der Waals surface area contributed by atoms with E-state index in [2.05, 4.69) is 10.1 Å². The van der Waals surface area contributed by atoms with E-state index in [4.69, 9.17) is 14.2 Å². The van der Waals surface area contributed by atoms with Crippen LogP contribution in [-0.4, -0.2) is 59.7 Å². The Labute approximate surface area is 167 Å². The van der Waals surface area contributed by atoms with Gasteiger partial charge in [0, 0.05) is 26.1 Å². The van der Waals surface area contributed by atoms with Crippen molar-refractivity contribution < 1.29 is 23.4 Å². The summed E-state index contributed by atoms with van der Waals surface area (Å²) in [6.45, 7) is 7.59. The van der Waals surface area contributed by atoms with Gasteiger partial charge in [-0.3, -0.25) is 0 Å². The molecule has 154 valence electrons. The van der Waals surface area contributed by atoms with E-state index in [0.717, 1.165) is 32.7 Å². The van der Waals surface area contributed by atoms with E-state index >= 15 is 4.39 Å². The molecule has 0 unspecified atom stereocenters. The van der Waals surface area contributed by atoms with Gasteiger partial charge in [-0.15, -0.1) is 0 Å². The number of carbonyl (C=O) groups is 1. The first-order valence-electron chi connectivity index (χ1n) is 9.94. The Balaban J connectivity index is 1.49. The number of pyridine rings is 1. The molecular weight excluding hydrogens is 379 g/mol. The molecule has 2 fully saturated rings. The molecule has 2 aromatic rings. The zero-order chi connectivity index (χ0) is 20.2. The second-order valence-corrected chi connectivity index (χ2v) is 8.05. The molecule has 3 aliphatic heterocycles. The van der Waals surface area contributed by atoms with Gasteiger partial charge in [-0.2, -0.15) is 9.49 Å². The van der Waals surface area contributed by atoms with Crippen molar-refractivity contribution in [1.29, 1.82) is 0 Å². The molecule has 1 atom stereocenters. The smallest absolute Gasteiger partial charge is 0.345 e. The van der Waals surface area contributed by atoms with Crippen molar-refractivity contribution in [3.63, 3.8) is 0 Å². The second kappa shape index (κ2) is 6.69. The van der Waals surface area contributed by atoms with Crippen LogP contribution in [0.25, 0.3) is 11.3 Å². The lowest BCUT2D eigenvalue weighted by Gasteiger charge is -2.55. The first-order valence-corrected chi connectivity index (χ1v) is 9.94. The molecule has 29 heavy (non-hydrogen) atoms. The Kier molecular flexibility index (Phi) is 4.23. The predicted molar refractivity (Wildman–Crippen MR) is 102 cm³/mol. The lowest BCUT2D eigenvalue weighted by atomic mass is 9.78. The third-order valence-corrected chi connectivity index (χ3v) is 5.73. The highest BCUT2D eigenvalue weighted by Gasteiger charge is 2.49. The number of anilines is 1. The van der Waals surface area contributed by atoms with Crippen molar-refractivity contribution in [3.05, 3.63) is 23.6 Å². The SMILES string of the molecule is CCOC(=O)c1c(-c2ccc(N3CC4(COC4)C3)nc2F)nn2c1O[C@H](C)CC2. The highest BCUT2D eigenvalue weighted by molar-refractivity contribution is 5.99. The predicted octanol–water partition coefficient (Wildman–Crippen LogP) is 2.27. The molecule has 5 rings (SSSR count). The normalized spacial score (nSPS) is 21.8. The minimum Gasteiger partial charge on any atom is -0.474 e. The minimum absolute atomic E-state index is 0.0557. The van der Waals surface area contributed by atoms with Gasteiger partial charge in [0.25, 0.3) is 0 Å². The van der Waals surface area contributed by atoms with Gasteiger partial charge in [0.15, 0.2) is 0 Å². The average molecular weight is 402 g/mol. The van der Waals surface area contributed by atoms with Crippen LogP contribution < -0.4 is 9.64 Å². The van der Waals surface area contributed by atoms with E-state index in [-0.39, 0.29) is 34.9 Å². The van der Waals surface area contributed by atoms with Crippen molar-refractivity contribution >= 4 is 11.8 Å². The van der Waals surface area contributed by atoms with Gasteiger partial charge < -0.3 is 19.1 Å². The van der Waals surface area contributed by atoms with Crippen LogP contribution in [0.2, 0.25) is 0 Å². The van der Waals surface area contributed by atoms with Gasteiger partial charge in [-0.1, -0.05) is 0 Å². The molecule has 1 spiro atoms.